The predicted octanol–water partition coefficient (Wildman–Crippen LogP) is 2.49. The lowest BCUT2D eigenvalue weighted by Gasteiger charge is -2.06. The van der Waals surface area contributed by atoms with E-state index < -0.39 is 9.05 Å². The quantitative estimate of drug-likeness (QED) is 0.686. The first kappa shape index (κ1) is 12.6. The topological polar surface area (TPSA) is 63.2 Å². The molecule has 0 aromatic heterocycles. The maximum Gasteiger partial charge on any atom is 0.261 e. The Hall–Kier alpha value is -0.490. The summed E-state index contributed by atoms with van der Waals surface area (Å²) in [6, 6.07) is 2.20. The highest BCUT2D eigenvalue weighted by Crippen LogP contribution is 2.33. The number of rotatable bonds is 3. The molecule has 0 bridgehead atoms. The fourth-order valence-corrected chi connectivity index (χ4v) is 2.40. The molecule has 1 rings (SSSR count). The van der Waals surface area contributed by atoms with Crippen LogP contribution >= 0.6 is 33.9 Å². The van der Waals surface area contributed by atoms with Gasteiger partial charge >= 0.3 is 0 Å². The average Bonchev–Trinajstić information content (AvgIpc) is 2.09. The number of hydrogen-bond acceptors (Lipinski definition) is 3. The van der Waals surface area contributed by atoms with E-state index in [1.807, 2.05) is 0 Å². The molecule has 0 aliphatic heterocycles. The van der Waals surface area contributed by atoms with E-state index in [0.717, 1.165) is 12.1 Å². The van der Waals surface area contributed by atoms with Crippen LogP contribution < -0.4 is 5.32 Å². The predicted molar refractivity (Wildman–Crippen MR) is 59.2 cm³/mol. The number of carbonyl (C=O) groups excluding carboxylic acids is 1. The Morgan fingerprint density at radius 1 is 1.20 bits per heavy atom. The molecular weight excluding hydrogens is 285 g/mol. The van der Waals surface area contributed by atoms with E-state index in [2.05, 4.69) is 5.32 Å². The summed E-state index contributed by atoms with van der Waals surface area (Å²) in [6.45, 7) is 0. The van der Waals surface area contributed by atoms with Gasteiger partial charge in [-0.2, -0.15) is 0 Å². The molecule has 8 heteroatoms. The van der Waals surface area contributed by atoms with Gasteiger partial charge < -0.3 is 5.32 Å². The van der Waals surface area contributed by atoms with Crippen molar-refractivity contribution in [1.29, 1.82) is 0 Å². The Balaban J connectivity index is 3.38. The summed E-state index contributed by atoms with van der Waals surface area (Å²) in [5.74, 6) is 0. The summed E-state index contributed by atoms with van der Waals surface area (Å²) in [6.07, 6.45) is 0.377. The fourth-order valence-electron chi connectivity index (χ4n) is 0.887. The van der Waals surface area contributed by atoms with Gasteiger partial charge in [-0.25, -0.2) is 8.42 Å². The fraction of sp³-hybridized carbons (Fsp3) is 0. The van der Waals surface area contributed by atoms with Gasteiger partial charge in [0.2, 0.25) is 6.41 Å². The highest BCUT2D eigenvalue weighted by Gasteiger charge is 2.15. The van der Waals surface area contributed by atoms with Crippen LogP contribution in [0.1, 0.15) is 0 Å². The third-order valence-corrected chi connectivity index (χ3v) is 3.43. The van der Waals surface area contributed by atoms with E-state index in [9.17, 15) is 13.2 Å². The van der Waals surface area contributed by atoms with Crippen molar-refractivity contribution in [1.82, 2.24) is 0 Å². The molecule has 0 atom stereocenters. The third kappa shape index (κ3) is 2.98. The van der Waals surface area contributed by atoms with Gasteiger partial charge in [0.05, 0.1) is 20.6 Å². The highest BCUT2D eigenvalue weighted by molar-refractivity contribution is 8.13. The average molecular weight is 289 g/mol. The van der Waals surface area contributed by atoms with Crippen LogP contribution in [-0.2, 0) is 13.8 Å². The highest BCUT2D eigenvalue weighted by atomic mass is 35.7. The van der Waals surface area contributed by atoms with Gasteiger partial charge in [-0.1, -0.05) is 23.2 Å². The maximum absolute atomic E-state index is 11.0. The molecule has 0 saturated heterocycles. The zero-order valence-corrected chi connectivity index (χ0v) is 10.1. The van der Waals surface area contributed by atoms with Gasteiger partial charge in [0.15, 0.2) is 0 Å². The van der Waals surface area contributed by atoms with Crippen molar-refractivity contribution in [3.63, 3.8) is 0 Å². The van der Waals surface area contributed by atoms with E-state index in [1.165, 1.54) is 0 Å². The SMILES string of the molecule is O=CNc1c(Cl)cc(S(=O)(=O)Cl)cc1Cl. The Morgan fingerprint density at radius 3 is 2.00 bits per heavy atom. The molecule has 0 fully saturated rings. The molecule has 0 spiro atoms. The summed E-state index contributed by atoms with van der Waals surface area (Å²) in [4.78, 5) is 9.96. The molecule has 0 radical (unpaired) electrons. The molecule has 82 valence electrons. The Bertz CT molecular complexity index is 477. The van der Waals surface area contributed by atoms with E-state index in [4.69, 9.17) is 33.9 Å². The summed E-state index contributed by atoms with van der Waals surface area (Å²) in [5.41, 5.74) is 0.136. The van der Waals surface area contributed by atoms with Crippen molar-refractivity contribution in [2.45, 2.75) is 4.90 Å². The monoisotopic (exact) mass is 287 g/mol. The van der Waals surface area contributed by atoms with Crippen LogP contribution in [0.5, 0.6) is 0 Å². The molecule has 0 saturated carbocycles. The van der Waals surface area contributed by atoms with Crippen LogP contribution in [0.15, 0.2) is 17.0 Å². The second-order valence-corrected chi connectivity index (χ2v) is 5.84. The van der Waals surface area contributed by atoms with E-state index in [1.54, 1.807) is 0 Å². The molecule has 1 amide bonds. The van der Waals surface area contributed by atoms with Crippen LogP contribution in [-0.4, -0.2) is 14.8 Å². The lowest BCUT2D eigenvalue weighted by molar-refractivity contribution is -0.105. The largest absolute Gasteiger partial charge is 0.326 e. The van der Waals surface area contributed by atoms with Crippen LogP contribution in [0.4, 0.5) is 5.69 Å². The molecule has 4 nitrogen and oxygen atoms in total. The molecule has 15 heavy (non-hydrogen) atoms. The summed E-state index contributed by atoms with van der Waals surface area (Å²) in [5, 5.41) is 2.23. The molecule has 0 aliphatic carbocycles. The van der Waals surface area contributed by atoms with Crippen molar-refractivity contribution in [2.24, 2.45) is 0 Å². The normalized spacial score (nSPS) is 11.1. The zero-order chi connectivity index (χ0) is 11.6. The van der Waals surface area contributed by atoms with Crippen LogP contribution in [0, 0.1) is 0 Å². The standard InChI is InChI=1S/C7H4Cl3NO3S/c8-5-1-4(15(10,13)14)2-6(9)7(5)11-3-12/h1-3H,(H,11,12). The first-order chi connectivity index (χ1) is 6.86. The van der Waals surface area contributed by atoms with Crippen LogP contribution in [0.25, 0.3) is 0 Å². The molecular formula is C7H4Cl3NO3S. The van der Waals surface area contributed by atoms with Crippen molar-refractivity contribution >= 4 is 55.0 Å². The molecule has 0 heterocycles. The van der Waals surface area contributed by atoms with Gasteiger partial charge in [-0.3, -0.25) is 4.79 Å². The second kappa shape index (κ2) is 4.57. The minimum absolute atomic E-state index is 0.00572. The first-order valence-corrected chi connectivity index (χ1v) is 6.56. The molecule has 1 aromatic carbocycles. The summed E-state index contributed by atoms with van der Waals surface area (Å²) in [7, 11) is 1.20. The number of amides is 1. The summed E-state index contributed by atoms with van der Waals surface area (Å²) >= 11 is 11.4. The van der Waals surface area contributed by atoms with Gasteiger partial charge in [0.1, 0.15) is 0 Å². The van der Waals surface area contributed by atoms with Crippen molar-refractivity contribution in [2.75, 3.05) is 5.32 Å². The lowest BCUT2D eigenvalue weighted by atomic mass is 10.3. The van der Waals surface area contributed by atoms with E-state index in [-0.39, 0.29) is 20.6 Å². The Kier molecular flexibility index (Phi) is 3.83. The van der Waals surface area contributed by atoms with Gasteiger partial charge in [-0.05, 0) is 12.1 Å². The van der Waals surface area contributed by atoms with Crippen molar-refractivity contribution in [3.05, 3.63) is 22.2 Å². The Morgan fingerprint density at radius 2 is 1.67 bits per heavy atom. The third-order valence-electron chi connectivity index (χ3n) is 1.50. The van der Waals surface area contributed by atoms with E-state index in [0.29, 0.717) is 6.41 Å². The number of halogens is 3. The first-order valence-electron chi connectivity index (χ1n) is 3.50. The minimum atomic E-state index is -3.89. The number of benzene rings is 1. The second-order valence-electron chi connectivity index (χ2n) is 2.46. The molecule has 0 aliphatic rings. The molecule has 1 N–H and O–H groups in total. The summed E-state index contributed by atoms with van der Waals surface area (Å²) < 4.78 is 21.9. The maximum atomic E-state index is 11.0. The van der Waals surface area contributed by atoms with Crippen LogP contribution in [0.2, 0.25) is 10.0 Å². The van der Waals surface area contributed by atoms with Gasteiger partial charge in [0.25, 0.3) is 9.05 Å². The van der Waals surface area contributed by atoms with Gasteiger partial charge in [-0.15, -0.1) is 0 Å². The van der Waals surface area contributed by atoms with E-state index >= 15 is 0 Å². The number of anilines is 1. The minimum Gasteiger partial charge on any atom is -0.326 e. The van der Waals surface area contributed by atoms with Crippen molar-refractivity contribution in [3.8, 4) is 0 Å². The number of hydrogen-bond donors (Lipinski definition) is 1. The zero-order valence-electron chi connectivity index (χ0n) is 7.00. The molecule has 0 unspecified atom stereocenters. The van der Waals surface area contributed by atoms with Gasteiger partial charge in [0, 0.05) is 10.7 Å². The van der Waals surface area contributed by atoms with Crippen molar-refractivity contribution < 1.29 is 13.2 Å². The Labute approximate surface area is 101 Å². The smallest absolute Gasteiger partial charge is 0.261 e. The molecule has 1 aromatic rings. The number of nitrogens with one attached hydrogen (secondary N) is 1. The van der Waals surface area contributed by atoms with Crippen LogP contribution in [0.3, 0.4) is 0 Å². The lowest BCUT2D eigenvalue weighted by Crippen LogP contribution is -1.98. The number of carbonyl (C=O) groups is 1.